The predicted molar refractivity (Wildman–Crippen MR) is 71.9 cm³/mol. The summed E-state index contributed by atoms with van der Waals surface area (Å²) in [4.78, 5) is 4.39. The van der Waals surface area contributed by atoms with Gasteiger partial charge in [-0.15, -0.1) is 0 Å². The third kappa shape index (κ3) is 2.89. The van der Waals surface area contributed by atoms with Crippen molar-refractivity contribution in [2.24, 2.45) is 0 Å². The lowest BCUT2D eigenvalue weighted by Crippen LogP contribution is -1.97. The van der Waals surface area contributed by atoms with E-state index in [2.05, 4.69) is 23.2 Å². The van der Waals surface area contributed by atoms with Crippen molar-refractivity contribution in [2.45, 2.75) is 26.7 Å². The maximum atomic E-state index is 6.04. The number of ether oxygens (including phenoxy) is 1. The third-order valence-electron chi connectivity index (χ3n) is 2.69. The van der Waals surface area contributed by atoms with Crippen molar-refractivity contribution in [1.29, 1.82) is 0 Å². The van der Waals surface area contributed by atoms with Gasteiger partial charge in [0.2, 0.25) is 0 Å². The molecule has 0 bridgehead atoms. The Morgan fingerprint density at radius 2 is 2.29 bits per heavy atom. The Hall–Kier alpha value is -1.28. The molecule has 1 aromatic heterocycles. The zero-order valence-corrected chi connectivity index (χ0v) is 10.9. The number of rotatable bonds is 2. The first kappa shape index (κ1) is 12.2. The van der Waals surface area contributed by atoms with Gasteiger partial charge in [0.05, 0.1) is 18.1 Å². The van der Waals surface area contributed by atoms with Crippen molar-refractivity contribution in [2.75, 3.05) is 6.61 Å². The quantitative estimate of drug-likeness (QED) is 0.732. The highest BCUT2D eigenvalue weighted by atomic mass is 35.5. The van der Waals surface area contributed by atoms with Crippen molar-refractivity contribution >= 4 is 23.8 Å². The fourth-order valence-electron chi connectivity index (χ4n) is 1.84. The topological polar surface area (TPSA) is 22.1 Å². The highest BCUT2D eigenvalue weighted by Crippen LogP contribution is 2.24. The fourth-order valence-corrected chi connectivity index (χ4v) is 1.99. The maximum Gasteiger partial charge on any atom is 0.132 e. The Morgan fingerprint density at radius 3 is 3.06 bits per heavy atom. The van der Waals surface area contributed by atoms with Crippen LogP contribution in [-0.4, -0.2) is 11.6 Å². The van der Waals surface area contributed by atoms with Crippen molar-refractivity contribution < 1.29 is 4.74 Å². The highest BCUT2D eigenvalue weighted by molar-refractivity contribution is 6.30. The zero-order valence-electron chi connectivity index (χ0n) is 10.2. The lowest BCUT2D eigenvalue weighted by molar-refractivity contribution is 0.222. The highest BCUT2D eigenvalue weighted by Gasteiger charge is 2.08. The van der Waals surface area contributed by atoms with Gasteiger partial charge in [-0.2, -0.15) is 0 Å². The number of allylic oxidation sites excluding steroid dienone is 2. The van der Waals surface area contributed by atoms with E-state index in [-0.39, 0.29) is 0 Å². The molecule has 90 valence electrons. The van der Waals surface area contributed by atoms with Gasteiger partial charge in [-0.05, 0) is 44.1 Å². The molecule has 0 saturated carbocycles. The maximum absolute atomic E-state index is 6.04. The number of aromatic nitrogens is 1. The van der Waals surface area contributed by atoms with Crippen molar-refractivity contribution in [3.05, 3.63) is 39.9 Å². The molecule has 0 aromatic carbocycles. The Kier molecular flexibility index (Phi) is 3.85. The fraction of sp³-hybridized carbons (Fsp3) is 0.357. The molecule has 0 saturated heterocycles. The van der Waals surface area contributed by atoms with E-state index in [0.29, 0.717) is 11.8 Å². The first-order chi connectivity index (χ1) is 8.20. The molecule has 1 aliphatic carbocycles. The minimum atomic E-state index is 0.570. The van der Waals surface area contributed by atoms with Gasteiger partial charge in [-0.25, -0.2) is 4.98 Å². The molecule has 2 rings (SSSR count). The summed E-state index contributed by atoms with van der Waals surface area (Å²) in [6.45, 7) is 4.67. The summed E-state index contributed by atoms with van der Waals surface area (Å²) in [6, 6.07) is 2.05. The van der Waals surface area contributed by atoms with Crippen molar-refractivity contribution in [3.8, 4) is 0 Å². The SMILES string of the molecule is CCO/C1=C/c2cc(C)c(Cl)nc2/C=C\CC1. The molecule has 0 fully saturated rings. The monoisotopic (exact) mass is 249 g/mol. The summed E-state index contributed by atoms with van der Waals surface area (Å²) in [5.41, 5.74) is 2.98. The van der Waals surface area contributed by atoms with E-state index in [1.807, 2.05) is 19.9 Å². The number of hydrogen-bond donors (Lipinski definition) is 0. The Bertz CT molecular complexity index is 477. The van der Waals surface area contributed by atoms with E-state index >= 15 is 0 Å². The van der Waals surface area contributed by atoms with E-state index in [0.717, 1.165) is 35.4 Å². The van der Waals surface area contributed by atoms with E-state index in [1.165, 1.54) is 0 Å². The van der Waals surface area contributed by atoms with Crippen molar-refractivity contribution in [1.82, 2.24) is 4.98 Å². The second-order valence-electron chi connectivity index (χ2n) is 4.06. The normalized spacial score (nSPS) is 19.6. The molecule has 0 aliphatic heterocycles. The van der Waals surface area contributed by atoms with Crippen LogP contribution in [0, 0.1) is 6.92 Å². The molecule has 0 amide bonds. The van der Waals surface area contributed by atoms with Crippen LogP contribution in [0.4, 0.5) is 0 Å². The molecule has 1 aromatic rings. The number of halogens is 1. The van der Waals surface area contributed by atoms with Gasteiger partial charge < -0.3 is 4.74 Å². The molecular weight excluding hydrogens is 234 g/mol. The molecular formula is C14H16ClNO. The van der Waals surface area contributed by atoms with Gasteiger partial charge in [0.1, 0.15) is 5.15 Å². The average Bonchev–Trinajstić information content (AvgIpc) is 2.27. The minimum Gasteiger partial charge on any atom is -0.498 e. The molecule has 3 heteroatoms. The molecule has 0 unspecified atom stereocenters. The van der Waals surface area contributed by atoms with Gasteiger partial charge >= 0.3 is 0 Å². The predicted octanol–water partition coefficient (Wildman–Crippen LogP) is 4.23. The zero-order chi connectivity index (χ0) is 12.3. The summed E-state index contributed by atoms with van der Waals surface area (Å²) in [6.07, 6.45) is 8.12. The first-order valence-corrected chi connectivity index (χ1v) is 6.25. The summed E-state index contributed by atoms with van der Waals surface area (Å²) in [7, 11) is 0. The number of fused-ring (bicyclic) bond motifs is 1. The Labute approximate surface area is 107 Å². The molecule has 0 N–H and O–H groups in total. The van der Waals surface area contributed by atoms with E-state index in [1.54, 1.807) is 0 Å². The summed E-state index contributed by atoms with van der Waals surface area (Å²) in [5, 5.41) is 0.570. The Morgan fingerprint density at radius 1 is 1.47 bits per heavy atom. The number of aryl methyl sites for hydroxylation is 1. The second kappa shape index (κ2) is 5.37. The van der Waals surface area contributed by atoms with Crippen LogP contribution >= 0.6 is 11.6 Å². The molecule has 0 atom stereocenters. The van der Waals surface area contributed by atoms with Crippen LogP contribution in [0.15, 0.2) is 17.9 Å². The third-order valence-corrected chi connectivity index (χ3v) is 3.07. The van der Waals surface area contributed by atoms with Crippen LogP contribution in [0.5, 0.6) is 0 Å². The van der Waals surface area contributed by atoms with Crippen LogP contribution < -0.4 is 0 Å². The van der Waals surface area contributed by atoms with Crippen LogP contribution in [0.3, 0.4) is 0 Å². The van der Waals surface area contributed by atoms with E-state index in [4.69, 9.17) is 16.3 Å². The molecule has 0 radical (unpaired) electrons. The lowest BCUT2D eigenvalue weighted by atomic mass is 10.1. The molecule has 1 aliphatic rings. The van der Waals surface area contributed by atoms with Crippen LogP contribution in [0.1, 0.15) is 36.6 Å². The average molecular weight is 250 g/mol. The molecule has 1 heterocycles. The molecule has 17 heavy (non-hydrogen) atoms. The number of nitrogens with zero attached hydrogens (tertiary/aromatic N) is 1. The summed E-state index contributed by atoms with van der Waals surface area (Å²) < 4.78 is 5.61. The van der Waals surface area contributed by atoms with Gasteiger partial charge in [-0.3, -0.25) is 0 Å². The van der Waals surface area contributed by atoms with Crippen LogP contribution in [0.25, 0.3) is 12.2 Å². The first-order valence-electron chi connectivity index (χ1n) is 5.87. The van der Waals surface area contributed by atoms with Gasteiger partial charge in [0.15, 0.2) is 0 Å². The van der Waals surface area contributed by atoms with Gasteiger partial charge in [0, 0.05) is 12.0 Å². The smallest absolute Gasteiger partial charge is 0.132 e. The van der Waals surface area contributed by atoms with E-state index < -0.39 is 0 Å². The second-order valence-corrected chi connectivity index (χ2v) is 4.41. The standard InChI is InChI=1S/C14H16ClNO/c1-3-17-12-6-4-5-7-13-11(9-12)8-10(2)14(15)16-13/h5,7-9H,3-4,6H2,1-2H3/b7-5-,12-9+. The van der Waals surface area contributed by atoms with Crippen LogP contribution in [-0.2, 0) is 4.74 Å². The molecule has 2 nitrogen and oxygen atoms in total. The van der Waals surface area contributed by atoms with E-state index in [9.17, 15) is 0 Å². The Balaban J connectivity index is 2.47. The summed E-state index contributed by atoms with van der Waals surface area (Å²) >= 11 is 6.04. The number of hydrogen-bond acceptors (Lipinski definition) is 2. The van der Waals surface area contributed by atoms with Crippen molar-refractivity contribution in [3.63, 3.8) is 0 Å². The molecule has 0 spiro atoms. The van der Waals surface area contributed by atoms with Crippen LogP contribution in [0.2, 0.25) is 5.15 Å². The lowest BCUT2D eigenvalue weighted by Gasteiger charge is -2.12. The largest absolute Gasteiger partial charge is 0.498 e. The number of pyridine rings is 1. The van der Waals surface area contributed by atoms with Gasteiger partial charge in [-0.1, -0.05) is 17.7 Å². The van der Waals surface area contributed by atoms with Gasteiger partial charge in [0.25, 0.3) is 0 Å². The minimum absolute atomic E-state index is 0.570. The summed E-state index contributed by atoms with van der Waals surface area (Å²) in [5.74, 6) is 1.02.